The van der Waals surface area contributed by atoms with Crippen LogP contribution in [0.2, 0.25) is 0 Å². The predicted octanol–water partition coefficient (Wildman–Crippen LogP) is 0.579. The number of nitrogens with two attached hydrogens (primary N) is 1. The van der Waals surface area contributed by atoms with Gasteiger partial charge in [-0.15, -0.1) is 10.2 Å². The molecule has 3 rings (SSSR count). The Bertz CT molecular complexity index is 455. The molecule has 1 fully saturated rings. The largest absolute Gasteiger partial charge is 0.348 e. The number of aromatic amines is 1. The molecule has 6 nitrogen and oxygen atoms in total. The van der Waals surface area contributed by atoms with Crippen molar-refractivity contribution in [3.05, 3.63) is 30.4 Å². The third kappa shape index (κ3) is 1.71. The van der Waals surface area contributed by atoms with Crippen molar-refractivity contribution in [1.29, 1.82) is 0 Å². The van der Waals surface area contributed by atoms with Crippen LogP contribution in [0.4, 0.5) is 0 Å². The van der Waals surface area contributed by atoms with Gasteiger partial charge in [-0.2, -0.15) is 0 Å². The maximum Gasteiger partial charge on any atom is 0.150 e. The summed E-state index contributed by atoms with van der Waals surface area (Å²) in [6, 6.07) is 0.446. The molecular weight excluding hydrogens is 204 g/mol. The quantitative estimate of drug-likeness (QED) is 0.786. The lowest BCUT2D eigenvalue weighted by Crippen LogP contribution is -2.18. The lowest BCUT2D eigenvalue weighted by molar-refractivity contribution is 0.587. The highest BCUT2D eigenvalue weighted by molar-refractivity contribution is 5.05. The summed E-state index contributed by atoms with van der Waals surface area (Å²) in [7, 11) is 0. The number of hydrogen-bond donors (Lipinski definition) is 2. The summed E-state index contributed by atoms with van der Waals surface area (Å²) in [5.74, 6) is 0.872. The number of nitrogens with one attached hydrogen (secondary N) is 1. The van der Waals surface area contributed by atoms with E-state index in [1.165, 1.54) is 12.8 Å². The van der Waals surface area contributed by atoms with E-state index in [4.69, 9.17) is 5.73 Å². The molecule has 1 aliphatic rings. The van der Waals surface area contributed by atoms with Crippen LogP contribution >= 0.6 is 0 Å². The fraction of sp³-hybridized carbons (Fsp3) is 0.500. The van der Waals surface area contributed by atoms with E-state index < -0.39 is 0 Å². The first-order valence-electron chi connectivity index (χ1n) is 5.47. The van der Waals surface area contributed by atoms with Gasteiger partial charge in [0.2, 0.25) is 0 Å². The maximum atomic E-state index is 6.13. The van der Waals surface area contributed by atoms with E-state index in [-0.39, 0.29) is 6.04 Å². The fourth-order valence-corrected chi connectivity index (χ4v) is 1.88. The molecule has 1 unspecified atom stereocenters. The molecule has 0 aromatic carbocycles. The van der Waals surface area contributed by atoms with Crippen molar-refractivity contribution in [3.8, 4) is 0 Å². The molecule has 2 heterocycles. The van der Waals surface area contributed by atoms with Crippen LogP contribution in [-0.2, 0) is 6.42 Å². The molecule has 0 aliphatic heterocycles. The molecule has 3 N–H and O–H groups in total. The second-order valence-corrected chi connectivity index (χ2v) is 4.22. The summed E-state index contributed by atoms with van der Waals surface area (Å²) >= 11 is 0. The second kappa shape index (κ2) is 3.71. The number of H-pyrrole nitrogens is 1. The van der Waals surface area contributed by atoms with Crippen molar-refractivity contribution in [2.75, 3.05) is 0 Å². The van der Waals surface area contributed by atoms with E-state index in [1.54, 1.807) is 18.9 Å². The van der Waals surface area contributed by atoms with Crippen LogP contribution in [0.5, 0.6) is 0 Å². The average Bonchev–Trinajstić information content (AvgIpc) is 2.82. The number of imidazole rings is 1. The normalized spacial score (nSPS) is 17.6. The van der Waals surface area contributed by atoms with Crippen LogP contribution < -0.4 is 5.73 Å². The molecule has 0 amide bonds. The van der Waals surface area contributed by atoms with E-state index in [0.29, 0.717) is 12.5 Å². The first kappa shape index (κ1) is 9.53. The van der Waals surface area contributed by atoms with Crippen LogP contribution in [0.25, 0.3) is 0 Å². The average molecular weight is 218 g/mol. The molecule has 2 aromatic heterocycles. The van der Waals surface area contributed by atoms with E-state index in [9.17, 15) is 0 Å². The molecular formula is C10H14N6. The van der Waals surface area contributed by atoms with E-state index in [2.05, 4.69) is 24.7 Å². The summed E-state index contributed by atoms with van der Waals surface area (Å²) in [6.07, 6.45) is 8.36. The van der Waals surface area contributed by atoms with Gasteiger partial charge in [-0.05, 0) is 12.8 Å². The Balaban J connectivity index is 1.78. The standard InChI is InChI=1S/C10H14N6/c11-9(3-7-4-12-5-13-7)10-15-14-6-16(10)8-1-2-8/h4-6,8-9H,1-3,11H2,(H,12,13). The first-order valence-corrected chi connectivity index (χ1v) is 5.47. The molecule has 0 bridgehead atoms. The smallest absolute Gasteiger partial charge is 0.150 e. The molecule has 1 atom stereocenters. The molecule has 1 saturated carbocycles. The van der Waals surface area contributed by atoms with E-state index in [0.717, 1.165) is 11.5 Å². The van der Waals surface area contributed by atoms with Gasteiger partial charge in [0, 0.05) is 24.4 Å². The van der Waals surface area contributed by atoms with Crippen molar-refractivity contribution in [3.63, 3.8) is 0 Å². The number of aromatic nitrogens is 5. The van der Waals surface area contributed by atoms with Crippen molar-refractivity contribution in [2.24, 2.45) is 5.73 Å². The van der Waals surface area contributed by atoms with Crippen LogP contribution in [0.15, 0.2) is 18.9 Å². The minimum Gasteiger partial charge on any atom is -0.348 e. The Hall–Kier alpha value is -1.69. The van der Waals surface area contributed by atoms with Gasteiger partial charge < -0.3 is 15.3 Å². The Labute approximate surface area is 92.9 Å². The van der Waals surface area contributed by atoms with Gasteiger partial charge in [-0.25, -0.2) is 4.98 Å². The van der Waals surface area contributed by atoms with Crippen LogP contribution in [-0.4, -0.2) is 24.7 Å². The van der Waals surface area contributed by atoms with Gasteiger partial charge in [0.15, 0.2) is 0 Å². The van der Waals surface area contributed by atoms with Gasteiger partial charge in [-0.1, -0.05) is 0 Å². The Morgan fingerprint density at radius 2 is 2.44 bits per heavy atom. The van der Waals surface area contributed by atoms with Gasteiger partial charge >= 0.3 is 0 Å². The zero-order chi connectivity index (χ0) is 11.0. The molecule has 84 valence electrons. The number of nitrogens with zero attached hydrogens (tertiary/aromatic N) is 4. The molecule has 0 radical (unpaired) electrons. The monoisotopic (exact) mass is 218 g/mol. The highest BCUT2D eigenvalue weighted by Crippen LogP contribution is 2.36. The summed E-state index contributed by atoms with van der Waals surface area (Å²) in [5, 5.41) is 8.05. The Morgan fingerprint density at radius 1 is 1.56 bits per heavy atom. The predicted molar refractivity (Wildman–Crippen MR) is 57.5 cm³/mol. The Morgan fingerprint density at radius 3 is 3.12 bits per heavy atom. The minimum absolute atomic E-state index is 0.122. The van der Waals surface area contributed by atoms with E-state index >= 15 is 0 Å². The summed E-state index contributed by atoms with van der Waals surface area (Å²) in [6.45, 7) is 0. The third-order valence-electron chi connectivity index (χ3n) is 2.87. The molecule has 16 heavy (non-hydrogen) atoms. The van der Waals surface area contributed by atoms with Crippen molar-refractivity contribution < 1.29 is 0 Å². The molecule has 6 heteroatoms. The minimum atomic E-state index is -0.122. The zero-order valence-corrected chi connectivity index (χ0v) is 8.87. The highest BCUT2D eigenvalue weighted by Gasteiger charge is 2.28. The van der Waals surface area contributed by atoms with Crippen LogP contribution in [0.1, 0.15) is 36.4 Å². The summed E-state index contributed by atoms with van der Waals surface area (Å²) in [4.78, 5) is 7.02. The van der Waals surface area contributed by atoms with Crippen LogP contribution in [0.3, 0.4) is 0 Å². The van der Waals surface area contributed by atoms with Crippen molar-refractivity contribution in [2.45, 2.75) is 31.3 Å². The topological polar surface area (TPSA) is 85.4 Å². The molecule has 1 aliphatic carbocycles. The Kier molecular flexibility index (Phi) is 2.21. The van der Waals surface area contributed by atoms with Crippen LogP contribution in [0, 0.1) is 0 Å². The molecule has 2 aromatic rings. The van der Waals surface area contributed by atoms with Gasteiger partial charge in [0.25, 0.3) is 0 Å². The van der Waals surface area contributed by atoms with Crippen molar-refractivity contribution in [1.82, 2.24) is 24.7 Å². The fourth-order valence-electron chi connectivity index (χ4n) is 1.88. The van der Waals surface area contributed by atoms with E-state index in [1.807, 2.05) is 0 Å². The zero-order valence-electron chi connectivity index (χ0n) is 8.87. The third-order valence-corrected chi connectivity index (χ3v) is 2.87. The molecule has 0 saturated heterocycles. The first-order chi connectivity index (χ1) is 7.84. The lowest BCUT2D eigenvalue weighted by atomic mass is 10.1. The lowest BCUT2D eigenvalue weighted by Gasteiger charge is -2.11. The summed E-state index contributed by atoms with van der Waals surface area (Å²) in [5.41, 5.74) is 7.15. The van der Waals surface area contributed by atoms with Gasteiger partial charge in [-0.3, -0.25) is 0 Å². The number of rotatable bonds is 4. The number of hydrogen-bond acceptors (Lipinski definition) is 4. The highest BCUT2D eigenvalue weighted by atomic mass is 15.3. The molecule has 0 spiro atoms. The van der Waals surface area contributed by atoms with Gasteiger partial charge in [0.1, 0.15) is 12.2 Å². The van der Waals surface area contributed by atoms with Crippen molar-refractivity contribution >= 4 is 0 Å². The SMILES string of the molecule is NC(Cc1cnc[nH]1)c1nncn1C1CC1. The van der Waals surface area contributed by atoms with Gasteiger partial charge in [0.05, 0.1) is 12.4 Å². The summed E-state index contributed by atoms with van der Waals surface area (Å²) < 4.78 is 2.10. The maximum absolute atomic E-state index is 6.13. The second-order valence-electron chi connectivity index (χ2n) is 4.22.